The first-order valence-corrected chi connectivity index (χ1v) is 7.46. The Morgan fingerprint density at radius 3 is 2.70 bits per heavy atom. The van der Waals surface area contributed by atoms with Crippen molar-refractivity contribution in [3.05, 3.63) is 59.3 Å². The van der Waals surface area contributed by atoms with Gasteiger partial charge in [0.25, 0.3) is 0 Å². The van der Waals surface area contributed by atoms with E-state index in [9.17, 15) is 0 Å². The molecule has 0 saturated carbocycles. The van der Waals surface area contributed by atoms with E-state index in [1.54, 1.807) is 11.3 Å². The maximum Gasteiger partial charge on any atom is 0.141 e. The van der Waals surface area contributed by atoms with Gasteiger partial charge in [-0.2, -0.15) is 0 Å². The average molecular weight is 297 g/mol. The van der Waals surface area contributed by atoms with E-state index in [-0.39, 0.29) is 0 Å². The van der Waals surface area contributed by atoms with E-state index >= 15 is 0 Å². The van der Waals surface area contributed by atoms with Crippen LogP contribution in [0, 0.1) is 0 Å². The molecule has 4 aromatic rings. The molecule has 2 nitrogen and oxygen atoms in total. The van der Waals surface area contributed by atoms with Crippen LogP contribution in [0.4, 0.5) is 0 Å². The lowest BCUT2D eigenvalue weighted by Crippen LogP contribution is -1.83. The van der Waals surface area contributed by atoms with Crippen LogP contribution in [0.2, 0.25) is 5.15 Å². The highest BCUT2D eigenvalue weighted by Gasteiger charge is 2.13. The fourth-order valence-electron chi connectivity index (χ4n) is 2.50. The Balaban J connectivity index is 2.12. The Morgan fingerprint density at radius 2 is 1.75 bits per heavy atom. The summed E-state index contributed by atoms with van der Waals surface area (Å²) in [4.78, 5) is 9.32. The number of halogens is 1. The summed E-state index contributed by atoms with van der Waals surface area (Å²) in [5.74, 6) is 0. The number of hydrogen-bond donors (Lipinski definition) is 0. The molecule has 0 radical (unpaired) electrons. The van der Waals surface area contributed by atoms with Gasteiger partial charge in [0.05, 0.1) is 5.39 Å². The number of hydrogen-bond acceptors (Lipinski definition) is 3. The third kappa shape index (κ3) is 1.71. The molecule has 2 aromatic heterocycles. The van der Waals surface area contributed by atoms with Crippen LogP contribution in [0.5, 0.6) is 0 Å². The number of rotatable bonds is 1. The summed E-state index contributed by atoms with van der Waals surface area (Å²) in [6.45, 7) is 0. The summed E-state index contributed by atoms with van der Waals surface area (Å²) in [5, 5.41) is 5.99. The molecule has 0 N–H and O–H groups in total. The molecule has 20 heavy (non-hydrogen) atoms. The van der Waals surface area contributed by atoms with Crippen LogP contribution in [0.3, 0.4) is 0 Å². The fraction of sp³-hybridized carbons (Fsp3) is 0. The van der Waals surface area contributed by atoms with Crippen LogP contribution >= 0.6 is 22.9 Å². The van der Waals surface area contributed by atoms with Crippen molar-refractivity contribution in [2.45, 2.75) is 0 Å². The summed E-state index contributed by atoms with van der Waals surface area (Å²) in [5.41, 5.74) is 2.28. The van der Waals surface area contributed by atoms with Crippen LogP contribution in [0.25, 0.3) is 32.1 Å². The molecule has 4 heteroatoms. The quantitative estimate of drug-likeness (QED) is 0.453. The van der Waals surface area contributed by atoms with E-state index in [0.717, 1.165) is 15.8 Å². The molecule has 0 unspecified atom stereocenters. The molecule has 2 heterocycles. The van der Waals surface area contributed by atoms with Crippen LogP contribution < -0.4 is 0 Å². The second kappa shape index (κ2) is 4.54. The van der Waals surface area contributed by atoms with Gasteiger partial charge in [-0.15, -0.1) is 11.3 Å². The third-order valence-corrected chi connectivity index (χ3v) is 4.58. The minimum absolute atomic E-state index is 0.513. The van der Waals surface area contributed by atoms with Crippen molar-refractivity contribution in [3.8, 4) is 11.1 Å². The molecule has 0 fully saturated rings. The molecular formula is C16H9ClN2S. The van der Waals surface area contributed by atoms with Gasteiger partial charge in [-0.25, -0.2) is 9.97 Å². The minimum Gasteiger partial charge on any atom is -0.225 e. The molecule has 0 atom stereocenters. The molecular weight excluding hydrogens is 288 g/mol. The number of nitrogens with zero attached hydrogens (tertiary/aromatic N) is 2. The minimum atomic E-state index is 0.513. The Labute approximate surface area is 124 Å². The molecule has 4 rings (SSSR count). The highest BCUT2D eigenvalue weighted by atomic mass is 35.5. The summed E-state index contributed by atoms with van der Waals surface area (Å²) in [7, 11) is 0. The summed E-state index contributed by atoms with van der Waals surface area (Å²) >= 11 is 7.86. The first-order valence-electron chi connectivity index (χ1n) is 6.20. The Hall–Kier alpha value is -1.97. The number of thiophene rings is 1. The monoisotopic (exact) mass is 296 g/mol. The van der Waals surface area contributed by atoms with Crippen LogP contribution in [-0.4, -0.2) is 9.97 Å². The molecule has 0 amide bonds. The molecule has 0 aliphatic rings. The van der Waals surface area contributed by atoms with Crippen LogP contribution in [0.15, 0.2) is 54.2 Å². The SMILES string of the molecule is Clc1ncnc2scc(-c3cccc4ccccc34)c12. The smallest absolute Gasteiger partial charge is 0.141 e. The van der Waals surface area contributed by atoms with E-state index < -0.39 is 0 Å². The molecule has 0 saturated heterocycles. The Kier molecular flexibility index (Phi) is 2.69. The lowest BCUT2D eigenvalue weighted by Gasteiger charge is -2.06. The van der Waals surface area contributed by atoms with Gasteiger partial charge in [0, 0.05) is 10.9 Å². The first-order chi connectivity index (χ1) is 9.84. The van der Waals surface area contributed by atoms with Gasteiger partial charge in [0.15, 0.2) is 0 Å². The van der Waals surface area contributed by atoms with Gasteiger partial charge >= 0.3 is 0 Å². The number of benzene rings is 2. The number of aromatic nitrogens is 2. The molecule has 0 aliphatic carbocycles. The maximum atomic E-state index is 6.26. The van der Waals surface area contributed by atoms with Gasteiger partial charge in [-0.05, 0) is 16.3 Å². The van der Waals surface area contributed by atoms with Crippen LogP contribution in [-0.2, 0) is 0 Å². The Morgan fingerprint density at radius 1 is 0.900 bits per heavy atom. The van der Waals surface area contributed by atoms with Gasteiger partial charge < -0.3 is 0 Å². The standard InChI is InChI=1S/C16H9ClN2S/c17-15-14-13(8-20-16(14)19-9-18-15)12-7-3-5-10-4-1-2-6-11(10)12/h1-9H. The summed E-state index contributed by atoms with van der Waals surface area (Å²) < 4.78 is 0. The highest BCUT2D eigenvalue weighted by Crippen LogP contribution is 2.38. The summed E-state index contributed by atoms with van der Waals surface area (Å²) in [6, 6.07) is 14.7. The van der Waals surface area contributed by atoms with Crippen molar-refractivity contribution in [3.63, 3.8) is 0 Å². The number of fused-ring (bicyclic) bond motifs is 2. The second-order valence-electron chi connectivity index (χ2n) is 4.52. The molecule has 2 aromatic carbocycles. The van der Waals surface area contributed by atoms with Crippen molar-refractivity contribution >= 4 is 43.9 Å². The fourth-order valence-corrected chi connectivity index (χ4v) is 3.69. The zero-order chi connectivity index (χ0) is 13.5. The molecule has 0 spiro atoms. The van der Waals surface area contributed by atoms with Crippen molar-refractivity contribution in [1.29, 1.82) is 0 Å². The topological polar surface area (TPSA) is 25.8 Å². The third-order valence-electron chi connectivity index (χ3n) is 3.40. The van der Waals surface area contributed by atoms with Gasteiger partial charge in [-0.1, -0.05) is 54.1 Å². The van der Waals surface area contributed by atoms with E-state index in [1.165, 1.54) is 22.7 Å². The van der Waals surface area contributed by atoms with Gasteiger partial charge in [-0.3, -0.25) is 0 Å². The largest absolute Gasteiger partial charge is 0.225 e. The Bertz CT molecular complexity index is 925. The zero-order valence-electron chi connectivity index (χ0n) is 10.4. The van der Waals surface area contributed by atoms with E-state index in [2.05, 4.69) is 51.7 Å². The molecule has 0 aliphatic heterocycles. The predicted molar refractivity (Wildman–Crippen MR) is 85.4 cm³/mol. The van der Waals surface area contributed by atoms with Crippen LogP contribution in [0.1, 0.15) is 0 Å². The molecule has 96 valence electrons. The second-order valence-corrected chi connectivity index (χ2v) is 5.74. The lowest BCUT2D eigenvalue weighted by atomic mass is 9.99. The summed E-state index contributed by atoms with van der Waals surface area (Å²) in [6.07, 6.45) is 1.51. The van der Waals surface area contributed by atoms with Gasteiger partial charge in [0.1, 0.15) is 16.3 Å². The van der Waals surface area contributed by atoms with E-state index in [0.29, 0.717) is 5.15 Å². The first kappa shape index (κ1) is 11.8. The molecule has 0 bridgehead atoms. The van der Waals surface area contributed by atoms with Crippen molar-refractivity contribution in [2.24, 2.45) is 0 Å². The van der Waals surface area contributed by atoms with E-state index in [1.807, 2.05) is 6.07 Å². The highest BCUT2D eigenvalue weighted by molar-refractivity contribution is 7.17. The maximum absolute atomic E-state index is 6.26. The lowest BCUT2D eigenvalue weighted by molar-refractivity contribution is 1.23. The van der Waals surface area contributed by atoms with Gasteiger partial charge in [0.2, 0.25) is 0 Å². The van der Waals surface area contributed by atoms with E-state index in [4.69, 9.17) is 11.6 Å². The van der Waals surface area contributed by atoms with Crippen molar-refractivity contribution in [1.82, 2.24) is 9.97 Å². The predicted octanol–water partition coefficient (Wildman–Crippen LogP) is 5.16. The van der Waals surface area contributed by atoms with Crippen molar-refractivity contribution in [2.75, 3.05) is 0 Å². The normalized spacial score (nSPS) is 11.2. The average Bonchev–Trinajstić information content (AvgIpc) is 2.92. The van der Waals surface area contributed by atoms with Crippen molar-refractivity contribution < 1.29 is 0 Å². The zero-order valence-corrected chi connectivity index (χ0v) is 11.9.